The normalized spacial score (nSPS) is 13.6. The average Bonchev–Trinajstić information content (AvgIpc) is 2.55. The van der Waals surface area contributed by atoms with E-state index < -0.39 is 63.9 Å². The van der Waals surface area contributed by atoms with Gasteiger partial charge in [0.05, 0.1) is 24.7 Å². The Morgan fingerprint density at radius 1 is 0.464 bits per heavy atom. The van der Waals surface area contributed by atoms with Crippen molar-refractivity contribution in [3.05, 3.63) is 0 Å². The summed E-state index contributed by atoms with van der Waals surface area (Å²) >= 11 is 0. The molecule has 0 aromatic rings. The van der Waals surface area contributed by atoms with E-state index in [0.29, 0.717) is 12.8 Å². The molecule has 0 spiro atoms. The number of unbranched alkanes of at least 4 members (excludes halogenated alkanes) is 3. The molecule has 0 aliphatic rings. The van der Waals surface area contributed by atoms with E-state index in [1.165, 1.54) is 13.8 Å². The van der Waals surface area contributed by atoms with Crippen molar-refractivity contribution in [3.63, 3.8) is 0 Å². The Morgan fingerprint density at radius 3 is 1.07 bits per heavy atom. The van der Waals surface area contributed by atoms with Crippen molar-refractivity contribution >= 4 is 40.5 Å². The molecule has 0 atom stereocenters. The van der Waals surface area contributed by atoms with Gasteiger partial charge in [0.25, 0.3) is 40.5 Å². The molecule has 0 bridgehead atoms. The molecule has 0 saturated heterocycles. The summed E-state index contributed by atoms with van der Waals surface area (Å²) in [6, 6.07) is 0. The summed E-state index contributed by atoms with van der Waals surface area (Å²) in [6.07, 6.45) is 0.897. The third-order valence-corrected chi connectivity index (χ3v) is 7.71. The second-order valence-electron chi connectivity index (χ2n) is 5.34. The molecule has 0 rings (SSSR count). The van der Waals surface area contributed by atoms with Crippen LogP contribution >= 0.6 is 0 Å². The second-order valence-corrected chi connectivity index (χ2v) is 12.0. The van der Waals surface area contributed by atoms with Gasteiger partial charge < -0.3 is 0 Å². The van der Waals surface area contributed by atoms with E-state index in [1.807, 2.05) is 0 Å². The van der Waals surface area contributed by atoms with Gasteiger partial charge in [0.15, 0.2) is 11.9 Å². The van der Waals surface area contributed by atoms with Gasteiger partial charge >= 0.3 is 0 Å². The molecule has 0 aliphatic heterocycles. The predicted molar refractivity (Wildman–Crippen MR) is 99.0 cm³/mol. The lowest BCUT2D eigenvalue weighted by Gasteiger charge is -2.07. The lowest BCUT2D eigenvalue weighted by Crippen LogP contribution is -2.19. The average molecular weight is 491 g/mol. The van der Waals surface area contributed by atoms with E-state index in [-0.39, 0.29) is 26.1 Å². The van der Waals surface area contributed by atoms with Crippen LogP contribution in [0, 0.1) is 0 Å². The molecular weight excluding hydrogens is 464 g/mol. The first-order valence-corrected chi connectivity index (χ1v) is 14.5. The smallest absolute Gasteiger partial charge is 0.269 e. The fourth-order valence-electron chi connectivity index (χ4n) is 1.72. The molecule has 0 radical (unpaired) electrons. The van der Waals surface area contributed by atoms with Gasteiger partial charge in [-0.25, -0.2) is 0 Å². The molecule has 0 aliphatic carbocycles. The lowest BCUT2D eigenvalue weighted by molar-refractivity contribution is 0.299. The minimum Gasteiger partial charge on any atom is -0.269 e. The topological polar surface area (TPSA) is 173 Å². The van der Waals surface area contributed by atoms with Gasteiger partial charge in [-0.3, -0.25) is 16.7 Å². The van der Waals surface area contributed by atoms with Crippen LogP contribution in [0.25, 0.3) is 0 Å². The van der Waals surface area contributed by atoms with E-state index >= 15 is 0 Å². The van der Waals surface area contributed by atoms with Crippen molar-refractivity contribution in [2.24, 2.45) is 0 Å². The Bertz CT molecular complexity index is 782. The lowest BCUT2D eigenvalue weighted by atomic mass is 10.2. The molecule has 0 unspecified atom stereocenters. The zero-order chi connectivity index (χ0) is 21.9. The fraction of sp³-hybridized carbons (Fsp3) is 1.00. The van der Waals surface area contributed by atoms with Crippen LogP contribution in [0.1, 0.15) is 39.5 Å². The SMILES string of the molecule is CCOS(=O)(=O)COS(=O)(=O)CCCCCCS(=O)(=O)OCS(=O)(=O)OCC. The number of rotatable bonds is 17. The summed E-state index contributed by atoms with van der Waals surface area (Å²) in [4.78, 5) is 0. The fourth-order valence-corrected chi connectivity index (χ4v) is 6.04. The van der Waals surface area contributed by atoms with Crippen molar-refractivity contribution in [2.75, 3.05) is 36.6 Å². The first kappa shape index (κ1) is 27.6. The molecule has 170 valence electrons. The van der Waals surface area contributed by atoms with Gasteiger partial charge in [0.2, 0.25) is 0 Å². The highest BCUT2D eigenvalue weighted by atomic mass is 32.2. The maximum absolute atomic E-state index is 11.6. The van der Waals surface area contributed by atoms with Crippen LogP contribution in [0.4, 0.5) is 0 Å². The van der Waals surface area contributed by atoms with Gasteiger partial charge in [-0.15, -0.1) is 0 Å². The first-order valence-electron chi connectivity index (χ1n) is 8.22. The summed E-state index contributed by atoms with van der Waals surface area (Å²) in [5, 5.41) is 0. The summed E-state index contributed by atoms with van der Waals surface area (Å²) in [5.74, 6) is -3.10. The molecule has 0 saturated carbocycles. The zero-order valence-electron chi connectivity index (χ0n) is 15.6. The van der Waals surface area contributed by atoms with Crippen LogP contribution in [0.2, 0.25) is 0 Å². The van der Waals surface area contributed by atoms with Gasteiger partial charge in [-0.2, -0.15) is 33.7 Å². The Hall–Kier alpha value is -0.360. The maximum atomic E-state index is 11.6. The highest BCUT2D eigenvalue weighted by Crippen LogP contribution is 2.09. The molecule has 0 N–H and O–H groups in total. The Labute approximate surface area is 167 Å². The zero-order valence-corrected chi connectivity index (χ0v) is 18.9. The Kier molecular flexibility index (Phi) is 12.2. The van der Waals surface area contributed by atoms with E-state index in [4.69, 9.17) is 0 Å². The summed E-state index contributed by atoms with van der Waals surface area (Å²) < 4.78 is 109. The van der Waals surface area contributed by atoms with Crippen LogP contribution < -0.4 is 0 Å². The molecule has 16 heteroatoms. The Morgan fingerprint density at radius 2 is 0.786 bits per heavy atom. The van der Waals surface area contributed by atoms with Gasteiger partial charge in [0.1, 0.15) is 0 Å². The molecule has 0 heterocycles. The monoisotopic (exact) mass is 490 g/mol. The molecule has 28 heavy (non-hydrogen) atoms. The quantitative estimate of drug-likeness (QED) is 0.196. The van der Waals surface area contributed by atoms with Crippen molar-refractivity contribution in [1.82, 2.24) is 0 Å². The summed E-state index contributed by atoms with van der Waals surface area (Å²) in [5.41, 5.74) is 0. The number of hydrogen-bond acceptors (Lipinski definition) is 12. The van der Waals surface area contributed by atoms with Crippen LogP contribution in [0.5, 0.6) is 0 Å². The van der Waals surface area contributed by atoms with Crippen molar-refractivity contribution < 1.29 is 50.4 Å². The highest BCUT2D eigenvalue weighted by molar-refractivity contribution is 7.90. The van der Waals surface area contributed by atoms with Gasteiger partial charge in [-0.1, -0.05) is 12.8 Å². The first-order chi connectivity index (χ1) is 12.7. The standard InChI is InChI=1S/C12H26O12S4/c1-3-21-27(17,18)11-23-25(13,14)9-7-5-6-8-10-26(15,16)24-12-28(19,20)22-4-2/h3-12H2,1-2H3. The van der Waals surface area contributed by atoms with Gasteiger partial charge in [0, 0.05) is 0 Å². The third kappa shape index (κ3) is 14.6. The molecule has 12 nitrogen and oxygen atoms in total. The second kappa shape index (κ2) is 12.4. The van der Waals surface area contributed by atoms with Crippen LogP contribution in [-0.2, 0) is 57.2 Å². The predicted octanol–water partition coefficient (Wildman–Crippen LogP) is -0.113. The van der Waals surface area contributed by atoms with E-state index in [9.17, 15) is 33.7 Å². The third-order valence-electron chi connectivity index (χ3n) is 2.88. The highest BCUT2D eigenvalue weighted by Gasteiger charge is 2.19. The van der Waals surface area contributed by atoms with Crippen LogP contribution in [0.15, 0.2) is 0 Å². The van der Waals surface area contributed by atoms with E-state index in [0.717, 1.165) is 0 Å². The largest absolute Gasteiger partial charge is 0.293 e. The maximum Gasteiger partial charge on any atom is 0.293 e. The molecule has 0 aromatic carbocycles. The van der Waals surface area contributed by atoms with Crippen molar-refractivity contribution in [3.8, 4) is 0 Å². The van der Waals surface area contributed by atoms with Crippen molar-refractivity contribution in [2.45, 2.75) is 39.5 Å². The molecule has 0 amide bonds. The van der Waals surface area contributed by atoms with E-state index in [2.05, 4.69) is 16.7 Å². The van der Waals surface area contributed by atoms with Crippen LogP contribution in [-0.4, -0.2) is 70.3 Å². The Balaban J connectivity index is 4.10. The van der Waals surface area contributed by atoms with E-state index in [1.54, 1.807) is 0 Å². The number of hydrogen-bond donors (Lipinski definition) is 0. The van der Waals surface area contributed by atoms with Gasteiger partial charge in [-0.05, 0) is 26.7 Å². The minimum atomic E-state index is -4.07. The summed E-state index contributed by atoms with van der Waals surface area (Å²) in [6.45, 7) is 2.57. The van der Waals surface area contributed by atoms with Crippen LogP contribution in [0.3, 0.4) is 0 Å². The van der Waals surface area contributed by atoms with Crippen molar-refractivity contribution in [1.29, 1.82) is 0 Å². The molecular formula is C12H26O12S4. The minimum absolute atomic E-state index is 0.122. The molecule has 0 fully saturated rings. The molecule has 0 aromatic heterocycles. The summed E-state index contributed by atoms with van der Waals surface area (Å²) in [7, 11) is -16.3.